The Morgan fingerprint density at radius 3 is 2.67 bits per heavy atom. The van der Waals surface area contributed by atoms with Gasteiger partial charge in [0, 0.05) is 12.2 Å². The first-order chi connectivity index (χ1) is 10.1. The second-order valence-corrected chi connectivity index (χ2v) is 5.55. The van der Waals surface area contributed by atoms with Crippen LogP contribution < -0.4 is 10.6 Å². The van der Waals surface area contributed by atoms with E-state index in [1.54, 1.807) is 0 Å². The zero-order chi connectivity index (χ0) is 15.2. The number of nitrogens with one attached hydrogen (secondary N) is 2. The molecule has 3 N–H and O–H groups in total. The van der Waals surface area contributed by atoms with Gasteiger partial charge in [0.1, 0.15) is 0 Å². The van der Waals surface area contributed by atoms with Gasteiger partial charge in [-0.25, -0.2) is 9.59 Å². The van der Waals surface area contributed by atoms with Crippen molar-refractivity contribution in [2.75, 3.05) is 5.32 Å². The first kappa shape index (κ1) is 15.3. The fraction of sp³-hybridized carbons (Fsp3) is 0.533. The van der Waals surface area contributed by atoms with Crippen LogP contribution in [0.1, 0.15) is 49.4 Å². The Hall–Kier alpha value is -2.11. The lowest BCUT2D eigenvalue weighted by atomic mass is 9.85. The van der Waals surface area contributed by atoms with E-state index in [-0.39, 0.29) is 17.6 Å². The van der Waals surface area contributed by atoms with E-state index >= 15 is 0 Å². The second kappa shape index (κ2) is 7.06. The maximum Gasteiger partial charge on any atom is 0.337 e. The molecule has 0 radical (unpaired) electrons. The number of urea groups is 1. The summed E-state index contributed by atoms with van der Waals surface area (Å²) >= 11 is 0. The number of aromatic carboxylic acids is 1. The Morgan fingerprint density at radius 1 is 1.29 bits per heavy atom. The third kappa shape index (κ3) is 4.44. The molecule has 1 heterocycles. The minimum absolute atomic E-state index is 0.0492. The van der Waals surface area contributed by atoms with E-state index in [0.717, 1.165) is 12.8 Å². The highest BCUT2D eigenvalue weighted by Crippen LogP contribution is 2.26. The highest BCUT2D eigenvalue weighted by atomic mass is 16.4. The summed E-state index contributed by atoms with van der Waals surface area (Å²) < 4.78 is 0. The third-order valence-electron chi connectivity index (χ3n) is 3.96. The third-order valence-corrected chi connectivity index (χ3v) is 3.96. The number of carboxylic acids is 1. The molecule has 0 bridgehead atoms. The Balaban J connectivity index is 1.89. The van der Waals surface area contributed by atoms with Gasteiger partial charge in [0.15, 0.2) is 0 Å². The molecule has 2 rings (SSSR count). The highest BCUT2D eigenvalue weighted by Gasteiger charge is 2.21. The van der Waals surface area contributed by atoms with Crippen LogP contribution >= 0.6 is 0 Å². The molecule has 1 saturated carbocycles. The minimum atomic E-state index is -1.07. The molecule has 0 saturated heterocycles. The van der Waals surface area contributed by atoms with Crippen molar-refractivity contribution >= 4 is 17.7 Å². The number of rotatable bonds is 4. The standard InChI is InChI=1S/C15H21N3O3/c1-10(11-5-3-2-4-6-11)17-15(21)18-13-7-12(14(19)20)8-16-9-13/h7-11H,2-6H2,1H3,(H,19,20)(H2,17,18,21). The SMILES string of the molecule is CC(NC(=O)Nc1cncc(C(=O)O)c1)C1CCCCC1. The van der Waals surface area contributed by atoms with Crippen LogP contribution in [0, 0.1) is 5.92 Å². The van der Waals surface area contributed by atoms with Crippen molar-refractivity contribution in [1.82, 2.24) is 10.3 Å². The lowest BCUT2D eigenvalue weighted by Gasteiger charge is -2.28. The van der Waals surface area contributed by atoms with Gasteiger partial charge in [0.2, 0.25) is 0 Å². The van der Waals surface area contributed by atoms with Crippen LogP contribution in [0.4, 0.5) is 10.5 Å². The molecule has 1 atom stereocenters. The normalized spacial score (nSPS) is 17.0. The fourth-order valence-corrected chi connectivity index (χ4v) is 2.75. The Morgan fingerprint density at radius 2 is 2.00 bits per heavy atom. The molecular weight excluding hydrogens is 270 g/mol. The minimum Gasteiger partial charge on any atom is -0.478 e. The van der Waals surface area contributed by atoms with Gasteiger partial charge in [-0.1, -0.05) is 19.3 Å². The highest BCUT2D eigenvalue weighted by molar-refractivity contribution is 5.92. The molecule has 21 heavy (non-hydrogen) atoms. The van der Waals surface area contributed by atoms with Crippen LogP contribution in [0.15, 0.2) is 18.5 Å². The van der Waals surface area contributed by atoms with Crippen LogP contribution in [0.5, 0.6) is 0 Å². The Labute approximate surface area is 124 Å². The predicted octanol–water partition coefficient (Wildman–Crippen LogP) is 2.87. The summed E-state index contributed by atoms with van der Waals surface area (Å²) in [6, 6.07) is 1.18. The number of pyridine rings is 1. The Kier molecular flexibility index (Phi) is 5.14. The molecule has 2 amide bonds. The number of anilines is 1. The summed E-state index contributed by atoms with van der Waals surface area (Å²) in [4.78, 5) is 26.6. The Bertz CT molecular complexity index is 513. The molecule has 0 aromatic carbocycles. The number of carbonyl (C=O) groups is 2. The molecule has 1 aromatic heterocycles. The summed E-state index contributed by atoms with van der Waals surface area (Å²) in [5.41, 5.74) is 0.427. The monoisotopic (exact) mass is 291 g/mol. The number of nitrogens with zero attached hydrogens (tertiary/aromatic N) is 1. The average Bonchev–Trinajstić information content (AvgIpc) is 2.48. The number of amides is 2. The number of hydrogen-bond acceptors (Lipinski definition) is 3. The van der Waals surface area contributed by atoms with E-state index in [2.05, 4.69) is 15.6 Å². The number of carbonyl (C=O) groups excluding carboxylic acids is 1. The van der Waals surface area contributed by atoms with E-state index in [4.69, 9.17) is 5.11 Å². The first-order valence-electron chi connectivity index (χ1n) is 7.32. The molecule has 1 aliphatic rings. The molecule has 114 valence electrons. The molecule has 6 nitrogen and oxygen atoms in total. The average molecular weight is 291 g/mol. The van der Waals surface area contributed by atoms with Gasteiger partial charge in [-0.3, -0.25) is 4.98 Å². The van der Waals surface area contributed by atoms with Crippen molar-refractivity contribution in [2.45, 2.75) is 45.1 Å². The van der Waals surface area contributed by atoms with Gasteiger partial charge in [-0.2, -0.15) is 0 Å². The zero-order valence-electron chi connectivity index (χ0n) is 12.1. The quantitative estimate of drug-likeness (QED) is 0.795. The van der Waals surface area contributed by atoms with Crippen molar-refractivity contribution in [3.05, 3.63) is 24.0 Å². The van der Waals surface area contributed by atoms with Crippen molar-refractivity contribution in [3.63, 3.8) is 0 Å². The number of carboxylic acid groups (broad SMARTS) is 1. The summed E-state index contributed by atoms with van der Waals surface area (Å²) in [6.07, 6.45) is 8.71. The van der Waals surface area contributed by atoms with Gasteiger partial charge in [0.05, 0.1) is 17.4 Å². The van der Waals surface area contributed by atoms with E-state index in [1.807, 2.05) is 6.92 Å². The van der Waals surface area contributed by atoms with Crippen molar-refractivity contribution < 1.29 is 14.7 Å². The molecule has 1 fully saturated rings. The van der Waals surface area contributed by atoms with E-state index < -0.39 is 5.97 Å². The van der Waals surface area contributed by atoms with Crippen molar-refractivity contribution in [1.29, 1.82) is 0 Å². The predicted molar refractivity (Wildman–Crippen MR) is 79.4 cm³/mol. The lowest BCUT2D eigenvalue weighted by molar-refractivity contribution is 0.0696. The van der Waals surface area contributed by atoms with Gasteiger partial charge < -0.3 is 15.7 Å². The molecule has 0 spiro atoms. The van der Waals surface area contributed by atoms with Gasteiger partial charge in [-0.15, -0.1) is 0 Å². The first-order valence-corrected chi connectivity index (χ1v) is 7.32. The molecule has 6 heteroatoms. The van der Waals surface area contributed by atoms with Gasteiger partial charge in [-0.05, 0) is 31.7 Å². The van der Waals surface area contributed by atoms with Crippen LogP contribution in [-0.2, 0) is 0 Å². The van der Waals surface area contributed by atoms with Gasteiger partial charge in [0.25, 0.3) is 0 Å². The molecule has 1 aromatic rings. The van der Waals surface area contributed by atoms with Gasteiger partial charge >= 0.3 is 12.0 Å². The molecule has 1 aliphatic carbocycles. The summed E-state index contributed by atoms with van der Waals surface area (Å²) in [7, 11) is 0. The van der Waals surface area contributed by atoms with Crippen molar-refractivity contribution in [2.24, 2.45) is 5.92 Å². The van der Waals surface area contributed by atoms with Crippen LogP contribution in [0.3, 0.4) is 0 Å². The largest absolute Gasteiger partial charge is 0.478 e. The fourth-order valence-electron chi connectivity index (χ4n) is 2.75. The van der Waals surface area contributed by atoms with E-state index in [1.165, 1.54) is 37.7 Å². The van der Waals surface area contributed by atoms with Crippen LogP contribution in [0.2, 0.25) is 0 Å². The van der Waals surface area contributed by atoms with E-state index in [9.17, 15) is 9.59 Å². The summed E-state index contributed by atoms with van der Waals surface area (Å²) in [6.45, 7) is 2.02. The topological polar surface area (TPSA) is 91.3 Å². The van der Waals surface area contributed by atoms with Crippen LogP contribution in [0.25, 0.3) is 0 Å². The molecular formula is C15H21N3O3. The van der Waals surface area contributed by atoms with Crippen LogP contribution in [-0.4, -0.2) is 28.1 Å². The maximum atomic E-state index is 11.9. The number of aromatic nitrogens is 1. The summed E-state index contributed by atoms with van der Waals surface area (Å²) in [5.74, 6) is -0.546. The smallest absolute Gasteiger partial charge is 0.337 e. The summed E-state index contributed by atoms with van der Waals surface area (Å²) in [5, 5.41) is 14.4. The molecule has 0 aliphatic heterocycles. The zero-order valence-corrected chi connectivity index (χ0v) is 12.1. The van der Waals surface area contributed by atoms with E-state index in [0.29, 0.717) is 11.6 Å². The van der Waals surface area contributed by atoms with Crippen molar-refractivity contribution in [3.8, 4) is 0 Å². The second-order valence-electron chi connectivity index (χ2n) is 5.55. The maximum absolute atomic E-state index is 11.9. The molecule has 1 unspecified atom stereocenters. The number of hydrogen-bond donors (Lipinski definition) is 3. The lowest BCUT2D eigenvalue weighted by Crippen LogP contribution is -2.41.